The lowest BCUT2D eigenvalue weighted by Gasteiger charge is -2.38. The van der Waals surface area contributed by atoms with Crippen LogP contribution in [0.4, 0.5) is 0 Å². The number of fused-ring (bicyclic) bond motifs is 1. The monoisotopic (exact) mass is 218 g/mol. The molecule has 0 aromatic rings. The molecule has 0 amide bonds. The molecule has 2 aliphatic rings. The van der Waals surface area contributed by atoms with Crippen LogP contribution in [0, 0.1) is 0 Å². The predicted octanol–water partition coefficient (Wildman–Crippen LogP) is 0.115. The molecule has 0 aromatic heterocycles. The minimum atomic E-state index is -2.89. The molecular formula is C9H18N2O2S. The summed E-state index contributed by atoms with van der Waals surface area (Å²) in [6.07, 6.45) is 0.811. The maximum atomic E-state index is 11.6. The number of rotatable bonds is 1. The maximum absolute atomic E-state index is 11.6. The van der Waals surface area contributed by atoms with Crippen LogP contribution in [0.25, 0.3) is 0 Å². The first-order chi connectivity index (χ1) is 6.50. The molecule has 0 bridgehead atoms. The second kappa shape index (κ2) is 3.47. The van der Waals surface area contributed by atoms with Gasteiger partial charge in [0.1, 0.15) is 0 Å². The normalized spacial score (nSPS) is 33.5. The summed E-state index contributed by atoms with van der Waals surface area (Å²) in [5.41, 5.74) is 0. The van der Waals surface area contributed by atoms with E-state index in [1.54, 1.807) is 4.31 Å². The van der Waals surface area contributed by atoms with Gasteiger partial charge in [-0.15, -0.1) is 0 Å². The third kappa shape index (κ3) is 1.68. The molecule has 0 spiro atoms. The predicted molar refractivity (Wildman–Crippen MR) is 55.6 cm³/mol. The highest BCUT2D eigenvalue weighted by atomic mass is 32.2. The van der Waals surface area contributed by atoms with Gasteiger partial charge < -0.3 is 0 Å². The van der Waals surface area contributed by atoms with Crippen molar-refractivity contribution in [3.63, 3.8) is 0 Å². The quantitative estimate of drug-likeness (QED) is 0.627. The van der Waals surface area contributed by atoms with Crippen molar-refractivity contribution in [1.82, 2.24) is 9.21 Å². The van der Waals surface area contributed by atoms with Crippen LogP contribution in [0.2, 0.25) is 0 Å². The van der Waals surface area contributed by atoms with E-state index in [0.29, 0.717) is 18.3 Å². The molecule has 4 nitrogen and oxygen atoms in total. The van der Waals surface area contributed by atoms with Gasteiger partial charge in [-0.1, -0.05) is 0 Å². The van der Waals surface area contributed by atoms with Gasteiger partial charge >= 0.3 is 0 Å². The van der Waals surface area contributed by atoms with Crippen LogP contribution in [-0.2, 0) is 10.0 Å². The van der Waals surface area contributed by atoms with Gasteiger partial charge in [-0.2, -0.15) is 4.31 Å². The van der Waals surface area contributed by atoms with Gasteiger partial charge in [0.25, 0.3) is 0 Å². The van der Waals surface area contributed by atoms with Gasteiger partial charge in [0.05, 0.1) is 5.75 Å². The minimum absolute atomic E-state index is 0.246. The molecule has 2 rings (SSSR count). The average molecular weight is 218 g/mol. The Hall–Kier alpha value is -0.130. The highest BCUT2D eigenvalue weighted by molar-refractivity contribution is 7.89. The smallest absolute Gasteiger partial charge is 0.214 e. The summed E-state index contributed by atoms with van der Waals surface area (Å²) in [5.74, 6) is 0.351. The highest BCUT2D eigenvalue weighted by Gasteiger charge is 2.40. The molecule has 2 aliphatic heterocycles. The number of piperazine rings is 1. The molecule has 1 unspecified atom stereocenters. The summed E-state index contributed by atoms with van der Waals surface area (Å²) in [6, 6.07) is 0.775. The van der Waals surface area contributed by atoms with Crippen molar-refractivity contribution >= 4 is 10.0 Å². The van der Waals surface area contributed by atoms with Crippen LogP contribution in [0.3, 0.4) is 0 Å². The van der Waals surface area contributed by atoms with Crippen LogP contribution < -0.4 is 0 Å². The molecular weight excluding hydrogens is 200 g/mol. The van der Waals surface area contributed by atoms with E-state index in [1.807, 2.05) is 0 Å². The topological polar surface area (TPSA) is 40.6 Å². The number of sulfonamides is 1. The summed E-state index contributed by atoms with van der Waals surface area (Å²) in [4.78, 5) is 2.36. The molecule has 5 heteroatoms. The van der Waals surface area contributed by atoms with E-state index < -0.39 is 10.0 Å². The molecule has 2 saturated heterocycles. The zero-order valence-corrected chi connectivity index (χ0v) is 9.63. The number of hydrogen-bond donors (Lipinski definition) is 0. The van der Waals surface area contributed by atoms with E-state index in [1.165, 1.54) is 0 Å². The first kappa shape index (κ1) is 10.4. The summed E-state index contributed by atoms with van der Waals surface area (Å²) >= 11 is 0. The molecule has 0 aromatic carbocycles. The Bertz CT molecular complexity index is 313. The van der Waals surface area contributed by atoms with Gasteiger partial charge in [-0.25, -0.2) is 8.42 Å². The Morgan fingerprint density at radius 2 is 2.00 bits per heavy atom. The van der Waals surface area contributed by atoms with Gasteiger partial charge in [-0.3, -0.25) is 4.90 Å². The molecule has 82 valence electrons. The molecule has 1 atom stereocenters. The zero-order chi connectivity index (χ0) is 10.3. The van der Waals surface area contributed by atoms with E-state index in [2.05, 4.69) is 18.7 Å². The van der Waals surface area contributed by atoms with E-state index >= 15 is 0 Å². The summed E-state index contributed by atoms with van der Waals surface area (Å²) < 4.78 is 24.9. The molecule has 0 saturated carbocycles. The van der Waals surface area contributed by atoms with E-state index in [9.17, 15) is 8.42 Å². The Kier molecular flexibility index (Phi) is 2.57. The highest BCUT2D eigenvalue weighted by Crippen LogP contribution is 2.25. The van der Waals surface area contributed by atoms with E-state index in [4.69, 9.17) is 0 Å². The minimum Gasteiger partial charge on any atom is -0.298 e. The number of nitrogens with zero attached hydrogens (tertiary/aromatic N) is 2. The standard InChI is InChI=1S/C9H18N2O2S/c1-8(2)10-4-5-11-9(7-10)3-6-14(11,12)13/h8-9H,3-7H2,1-2H3. The summed E-state index contributed by atoms with van der Waals surface area (Å²) in [5, 5.41) is 0. The number of hydrogen-bond acceptors (Lipinski definition) is 3. The lowest BCUT2D eigenvalue weighted by molar-refractivity contribution is 0.116. The Labute approximate surface area is 85.9 Å². The van der Waals surface area contributed by atoms with Crippen molar-refractivity contribution in [3.05, 3.63) is 0 Å². The van der Waals surface area contributed by atoms with Crippen LogP contribution in [0.1, 0.15) is 20.3 Å². The Morgan fingerprint density at radius 1 is 1.29 bits per heavy atom. The second-order valence-corrected chi connectivity index (χ2v) is 6.50. The van der Waals surface area contributed by atoms with Gasteiger partial charge in [0.2, 0.25) is 10.0 Å². The van der Waals surface area contributed by atoms with E-state index in [-0.39, 0.29) is 6.04 Å². The molecule has 0 N–H and O–H groups in total. The van der Waals surface area contributed by atoms with Crippen LogP contribution >= 0.6 is 0 Å². The third-order valence-corrected chi connectivity index (χ3v) is 5.20. The van der Waals surface area contributed by atoms with Crippen molar-refractivity contribution in [3.8, 4) is 0 Å². The summed E-state index contributed by atoms with van der Waals surface area (Å²) in [6.45, 7) is 6.81. The third-order valence-electron chi connectivity index (χ3n) is 3.26. The lowest BCUT2D eigenvalue weighted by Crippen LogP contribution is -2.53. The molecule has 0 aliphatic carbocycles. The van der Waals surface area contributed by atoms with Crippen molar-refractivity contribution in [1.29, 1.82) is 0 Å². The fourth-order valence-electron chi connectivity index (χ4n) is 2.34. The van der Waals surface area contributed by atoms with Crippen molar-refractivity contribution in [2.45, 2.75) is 32.4 Å². The summed E-state index contributed by atoms with van der Waals surface area (Å²) in [7, 11) is -2.89. The lowest BCUT2D eigenvalue weighted by atomic mass is 10.1. The molecule has 2 heterocycles. The fraction of sp³-hybridized carbons (Fsp3) is 1.00. The first-order valence-electron chi connectivity index (χ1n) is 5.24. The van der Waals surface area contributed by atoms with Gasteiger partial charge in [0.15, 0.2) is 0 Å². The van der Waals surface area contributed by atoms with Gasteiger partial charge in [0, 0.05) is 31.7 Å². The molecule has 14 heavy (non-hydrogen) atoms. The average Bonchev–Trinajstić information content (AvgIpc) is 2.42. The van der Waals surface area contributed by atoms with E-state index in [0.717, 1.165) is 19.5 Å². The SMILES string of the molecule is CC(C)N1CCN2C(CCS2(=O)=O)C1. The molecule has 2 fully saturated rings. The van der Waals surface area contributed by atoms with Crippen molar-refractivity contribution in [2.24, 2.45) is 0 Å². The van der Waals surface area contributed by atoms with Crippen LogP contribution in [-0.4, -0.2) is 55.1 Å². The van der Waals surface area contributed by atoms with Crippen molar-refractivity contribution in [2.75, 3.05) is 25.4 Å². The van der Waals surface area contributed by atoms with Crippen molar-refractivity contribution < 1.29 is 8.42 Å². The van der Waals surface area contributed by atoms with Gasteiger partial charge in [-0.05, 0) is 20.3 Å². The second-order valence-electron chi connectivity index (χ2n) is 4.46. The zero-order valence-electron chi connectivity index (χ0n) is 8.81. The largest absolute Gasteiger partial charge is 0.298 e. The Balaban J connectivity index is 2.09. The molecule has 0 radical (unpaired) electrons. The van der Waals surface area contributed by atoms with Crippen LogP contribution in [0.15, 0.2) is 0 Å². The fourth-order valence-corrected chi connectivity index (χ4v) is 4.13. The first-order valence-corrected chi connectivity index (χ1v) is 6.85. The Morgan fingerprint density at radius 3 is 2.64 bits per heavy atom. The maximum Gasteiger partial charge on any atom is 0.214 e. The van der Waals surface area contributed by atoms with Crippen LogP contribution in [0.5, 0.6) is 0 Å².